The Labute approximate surface area is 152 Å². The number of benzene rings is 2. The molecule has 0 spiro atoms. The predicted molar refractivity (Wildman–Crippen MR) is 104 cm³/mol. The molecule has 0 aromatic heterocycles. The quantitative estimate of drug-likeness (QED) is 0.559. The summed E-state index contributed by atoms with van der Waals surface area (Å²) in [5.41, 5.74) is 3.74. The molecular weight excluding hydrogens is 310 g/mol. The SMILES string of the molecule is CCCCOCCCNCc1ccc(OCc2cccc(C)c2)cc1. The molecule has 136 valence electrons. The summed E-state index contributed by atoms with van der Waals surface area (Å²) >= 11 is 0. The lowest BCUT2D eigenvalue weighted by atomic mass is 10.1. The second-order valence-corrected chi connectivity index (χ2v) is 6.42. The van der Waals surface area contributed by atoms with Crippen molar-refractivity contribution in [3.05, 3.63) is 65.2 Å². The predicted octanol–water partition coefficient (Wildman–Crippen LogP) is 4.87. The topological polar surface area (TPSA) is 30.5 Å². The van der Waals surface area contributed by atoms with Gasteiger partial charge in [-0.15, -0.1) is 0 Å². The minimum Gasteiger partial charge on any atom is -0.489 e. The van der Waals surface area contributed by atoms with Crippen LogP contribution in [0.15, 0.2) is 48.5 Å². The van der Waals surface area contributed by atoms with Crippen LogP contribution in [0.2, 0.25) is 0 Å². The summed E-state index contributed by atoms with van der Waals surface area (Å²) in [5.74, 6) is 0.912. The van der Waals surface area contributed by atoms with Crippen molar-refractivity contribution in [1.82, 2.24) is 5.32 Å². The van der Waals surface area contributed by atoms with Gasteiger partial charge in [0.1, 0.15) is 12.4 Å². The Hall–Kier alpha value is -1.84. The van der Waals surface area contributed by atoms with E-state index in [1.165, 1.54) is 23.1 Å². The fourth-order valence-corrected chi connectivity index (χ4v) is 2.55. The molecule has 1 N–H and O–H groups in total. The Morgan fingerprint density at radius 3 is 2.48 bits per heavy atom. The van der Waals surface area contributed by atoms with E-state index in [0.29, 0.717) is 6.61 Å². The third-order valence-electron chi connectivity index (χ3n) is 4.02. The maximum absolute atomic E-state index is 5.85. The number of aryl methyl sites for hydroxylation is 1. The highest BCUT2D eigenvalue weighted by Crippen LogP contribution is 2.14. The first-order valence-corrected chi connectivity index (χ1v) is 9.33. The van der Waals surface area contributed by atoms with Gasteiger partial charge in [-0.05, 0) is 49.6 Å². The number of hydrogen-bond acceptors (Lipinski definition) is 3. The van der Waals surface area contributed by atoms with Gasteiger partial charge >= 0.3 is 0 Å². The summed E-state index contributed by atoms with van der Waals surface area (Å²) in [5, 5.41) is 3.46. The van der Waals surface area contributed by atoms with Gasteiger partial charge in [-0.25, -0.2) is 0 Å². The van der Waals surface area contributed by atoms with Crippen molar-refractivity contribution in [3.63, 3.8) is 0 Å². The van der Waals surface area contributed by atoms with E-state index in [1.807, 2.05) is 12.1 Å². The molecule has 0 aliphatic heterocycles. The zero-order valence-electron chi connectivity index (χ0n) is 15.6. The molecule has 2 rings (SSSR count). The summed E-state index contributed by atoms with van der Waals surface area (Å²) in [7, 11) is 0. The first-order chi connectivity index (χ1) is 12.3. The molecule has 0 heterocycles. The third kappa shape index (κ3) is 8.19. The number of ether oxygens (including phenoxy) is 2. The summed E-state index contributed by atoms with van der Waals surface area (Å²) < 4.78 is 11.4. The van der Waals surface area contributed by atoms with Crippen molar-refractivity contribution in [2.24, 2.45) is 0 Å². The lowest BCUT2D eigenvalue weighted by Gasteiger charge is -2.09. The summed E-state index contributed by atoms with van der Waals surface area (Å²) in [6.45, 7) is 8.49. The van der Waals surface area contributed by atoms with Crippen molar-refractivity contribution in [2.75, 3.05) is 19.8 Å². The van der Waals surface area contributed by atoms with Crippen LogP contribution < -0.4 is 10.1 Å². The molecule has 0 bridgehead atoms. The van der Waals surface area contributed by atoms with E-state index < -0.39 is 0 Å². The van der Waals surface area contributed by atoms with E-state index in [0.717, 1.165) is 44.9 Å². The molecule has 0 saturated carbocycles. The lowest BCUT2D eigenvalue weighted by Crippen LogP contribution is -2.16. The summed E-state index contributed by atoms with van der Waals surface area (Å²) in [6, 6.07) is 16.7. The Balaban J connectivity index is 1.61. The molecule has 3 heteroatoms. The van der Waals surface area contributed by atoms with E-state index in [2.05, 4.69) is 55.6 Å². The maximum Gasteiger partial charge on any atom is 0.119 e. The van der Waals surface area contributed by atoms with Crippen LogP contribution in [0, 0.1) is 6.92 Å². The Morgan fingerprint density at radius 2 is 1.72 bits per heavy atom. The Kier molecular flexibility index (Phi) is 9.09. The number of nitrogens with one attached hydrogen (secondary N) is 1. The molecule has 2 aromatic rings. The number of unbranched alkanes of at least 4 members (excludes halogenated alkanes) is 1. The molecule has 0 radical (unpaired) electrons. The molecule has 0 unspecified atom stereocenters. The van der Waals surface area contributed by atoms with Crippen LogP contribution in [-0.2, 0) is 17.9 Å². The molecule has 0 fully saturated rings. The molecule has 0 atom stereocenters. The van der Waals surface area contributed by atoms with Crippen LogP contribution in [-0.4, -0.2) is 19.8 Å². The number of hydrogen-bond donors (Lipinski definition) is 1. The van der Waals surface area contributed by atoms with E-state index >= 15 is 0 Å². The Morgan fingerprint density at radius 1 is 0.920 bits per heavy atom. The first-order valence-electron chi connectivity index (χ1n) is 9.33. The zero-order valence-corrected chi connectivity index (χ0v) is 15.6. The van der Waals surface area contributed by atoms with E-state index in [1.54, 1.807) is 0 Å². The van der Waals surface area contributed by atoms with Crippen molar-refractivity contribution in [1.29, 1.82) is 0 Å². The van der Waals surface area contributed by atoms with Gasteiger partial charge in [0, 0.05) is 19.8 Å². The second-order valence-electron chi connectivity index (χ2n) is 6.42. The second kappa shape index (κ2) is 11.7. The fraction of sp³-hybridized carbons (Fsp3) is 0.455. The van der Waals surface area contributed by atoms with Gasteiger partial charge in [0.05, 0.1) is 0 Å². The normalized spacial score (nSPS) is 10.8. The van der Waals surface area contributed by atoms with Crippen molar-refractivity contribution >= 4 is 0 Å². The average molecular weight is 341 g/mol. The fourth-order valence-electron chi connectivity index (χ4n) is 2.55. The highest BCUT2D eigenvalue weighted by atomic mass is 16.5. The minimum absolute atomic E-state index is 0.608. The highest BCUT2D eigenvalue weighted by molar-refractivity contribution is 5.28. The zero-order chi connectivity index (χ0) is 17.7. The van der Waals surface area contributed by atoms with E-state index in [-0.39, 0.29) is 0 Å². The van der Waals surface area contributed by atoms with Gasteiger partial charge in [-0.1, -0.05) is 55.3 Å². The maximum atomic E-state index is 5.85. The molecule has 0 aliphatic carbocycles. The van der Waals surface area contributed by atoms with Gasteiger partial charge in [0.15, 0.2) is 0 Å². The van der Waals surface area contributed by atoms with E-state index in [4.69, 9.17) is 9.47 Å². The average Bonchev–Trinajstić information content (AvgIpc) is 2.63. The Bertz CT molecular complexity index is 595. The van der Waals surface area contributed by atoms with Crippen molar-refractivity contribution in [3.8, 4) is 5.75 Å². The van der Waals surface area contributed by atoms with E-state index in [9.17, 15) is 0 Å². The van der Waals surface area contributed by atoms with Crippen LogP contribution in [0.5, 0.6) is 5.75 Å². The standard InChI is InChI=1S/C22H31NO2/c1-3-4-14-24-15-6-13-23-17-20-9-11-22(12-10-20)25-18-21-8-5-7-19(2)16-21/h5,7-12,16,23H,3-4,6,13-15,17-18H2,1-2H3. The molecule has 0 amide bonds. The van der Waals surface area contributed by atoms with Crippen LogP contribution in [0.1, 0.15) is 42.9 Å². The van der Waals surface area contributed by atoms with Gasteiger partial charge in [-0.3, -0.25) is 0 Å². The van der Waals surface area contributed by atoms with Gasteiger partial charge in [-0.2, -0.15) is 0 Å². The van der Waals surface area contributed by atoms with Gasteiger partial charge < -0.3 is 14.8 Å². The van der Waals surface area contributed by atoms with Crippen molar-refractivity contribution < 1.29 is 9.47 Å². The highest BCUT2D eigenvalue weighted by Gasteiger charge is 1.98. The van der Waals surface area contributed by atoms with Gasteiger partial charge in [0.2, 0.25) is 0 Å². The molecule has 3 nitrogen and oxygen atoms in total. The molecule has 25 heavy (non-hydrogen) atoms. The monoisotopic (exact) mass is 341 g/mol. The molecule has 0 aliphatic rings. The van der Waals surface area contributed by atoms with Crippen LogP contribution in [0.25, 0.3) is 0 Å². The minimum atomic E-state index is 0.608. The van der Waals surface area contributed by atoms with Crippen LogP contribution in [0.3, 0.4) is 0 Å². The first kappa shape index (κ1) is 19.5. The lowest BCUT2D eigenvalue weighted by molar-refractivity contribution is 0.129. The third-order valence-corrected chi connectivity index (χ3v) is 4.02. The molecular formula is C22H31NO2. The van der Waals surface area contributed by atoms with Crippen LogP contribution >= 0.6 is 0 Å². The van der Waals surface area contributed by atoms with Crippen molar-refractivity contribution in [2.45, 2.75) is 46.3 Å². The summed E-state index contributed by atoms with van der Waals surface area (Å²) in [4.78, 5) is 0. The number of rotatable bonds is 12. The largest absolute Gasteiger partial charge is 0.489 e. The smallest absolute Gasteiger partial charge is 0.119 e. The molecule has 2 aromatic carbocycles. The van der Waals surface area contributed by atoms with Crippen LogP contribution in [0.4, 0.5) is 0 Å². The summed E-state index contributed by atoms with van der Waals surface area (Å²) in [6.07, 6.45) is 3.41. The molecule has 0 saturated heterocycles. The van der Waals surface area contributed by atoms with Gasteiger partial charge in [0.25, 0.3) is 0 Å².